The average Bonchev–Trinajstić information content (AvgIpc) is 3.01. The van der Waals surface area contributed by atoms with E-state index >= 15 is 0 Å². The minimum Gasteiger partial charge on any atom is -0.366 e. The van der Waals surface area contributed by atoms with Crippen LogP contribution in [0.3, 0.4) is 0 Å². The van der Waals surface area contributed by atoms with Crippen molar-refractivity contribution in [2.24, 2.45) is 0 Å². The Kier molecular flexibility index (Phi) is 5.25. The lowest BCUT2D eigenvalue weighted by Gasteiger charge is -2.18. The zero-order chi connectivity index (χ0) is 16.9. The van der Waals surface area contributed by atoms with Gasteiger partial charge in [0.2, 0.25) is 0 Å². The molecule has 1 unspecified atom stereocenters. The summed E-state index contributed by atoms with van der Waals surface area (Å²) >= 11 is 0. The molecule has 1 aliphatic heterocycles. The summed E-state index contributed by atoms with van der Waals surface area (Å²) < 4.78 is 0. The molecule has 0 amide bonds. The number of anilines is 2. The van der Waals surface area contributed by atoms with E-state index in [9.17, 15) is 0 Å². The minimum absolute atomic E-state index is 0.445. The molecule has 1 saturated heterocycles. The van der Waals surface area contributed by atoms with E-state index in [0.29, 0.717) is 6.04 Å². The summed E-state index contributed by atoms with van der Waals surface area (Å²) in [5.41, 5.74) is 2.27. The molecule has 2 aromatic heterocycles. The standard InChI is InChI=1S/C18H26N6/c1-14-5-4-6-15(21-14)7-9-24-10-8-16(12-24)22-17-11-18(23(2)3)20-13-19-17/h4-6,11,13,16H,7-10,12H2,1-3H3,(H,19,20,22). The van der Waals surface area contributed by atoms with Crippen molar-refractivity contribution in [3.05, 3.63) is 42.0 Å². The van der Waals surface area contributed by atoms with Gasteiger partial charge in [0.25, 0.3) is 0 Å². The Morgan fingerprint density at radius 2 is 2.17 bits per heavy atom. The number of hydrogen-bond donors (Lipinski definition) is 1. The molecule has 1 fully saturated rings. The summed E-state index contributed by atoms with van der Waals surface area (Å²) in [6.45, 7) is 5.27. The van der Waals surface area contributed by atoms with Crippen LogP contribution >= 0.6 is 0 Å². The number of nitrogens with one attached hydrogen (secondary N) is 1. The average molecular weight is 326 g/mol. The Morgan fingerprint density at radius 3 is 2.96 bits per heavy atom. The lowest BCUT2D eigenvalue weighted by Crippen LogP contribution is -2.28. The van der Waals surface area contributed by atoms with Gasteiger partial charge < -0.3 is 15.1 Å². The summed E-state index contributed by atoms with van der Waals surface area (Å²) in [6, 6.07) is 8.69. The molecule has 0 aromatic carbocycles. The number of pyridine rings is 1. The third kappa shape index (κ3) is 4.41. The van der Waals surface area contributed by atoms with Crippen molar-refractivity contribution in [2.75, 3.05) is 43.9 Å². The van der Waals surface area contributed by atoms with Gasteiger partial charge in [0.1, 0.15) is 18.0 Å². The number of aromatic nitrogens is 3. The van der Waals surface area contributed by atoms with E-state index in [1.165, 1.54) is 5.69 Å². The molecule has 0 aliphatic carbocycles. The fraction of sp³-hybridized carbons (Fsp3) is 0.500. The SMILES string of the molecule is Cc1cccc(CCN2CCC(Nc3cc(N(C)C)ncn3)C2)n1. The highest BCUT2D eigenvalue weighted by Crippen LogP contribution is 2.17. The first-order valence-electron chi connectivity index (χ1n) is 8.51. The maximum atomic E-state index is 4.58. The van der Waals surface area contributed by atoms with Crippen LogP contribution in [0.5, 0.6) is 0 Å². The van der Waals surface area contributed by atoms with Gasteiger partial charge in [-0.15, -0.1) is 0 Å². The van der Waals surface area contributed by atoms with Gasteiger partial charge in [0.15, 0.2) is 0 Å². The second kappa shape index (κ2) is 7.57. The Bertz CT molecular complexity index is 672. The van der Waals surface area contributed by atoms with Crippen LogP contribution in [-0.2, 0) is 6.42 Å². The minimum atomic E-state index is 0.445. The van der Waals surface area contributed by atoms with Gasteiger partial charge in [-0.25, -0.2) is 9.97 Å². The molecule has 24 heavy (non-hydrogen) atoms. The fourth-order valence-electron chi connectivity index (χ4n) is 3.04. The lowest BCUT2D eigenvalue weighted by atomic mass is 10.2. The molecule has 0 spiro atoms. The van der Waals surface area contributed by atoms with E-state index in [1.54, 1.807) is 6.33 Å². The van der Waals surface area contributed by atoms with Crippen LogP contribution in [-0.4, -0.2) is 59.6 Å². The molecule has 1 aliphatic rings. The zero-order valence-electron chi connectivity index (χ0n) is 14.7. The summed E-state index contributed by atoms with van der Waals surface area (Å²) in [6.07, 6.45) is 3.77. The number of hydrogen-bond acceptors (Lipinski definition) is 6. The van der Waals surface area contributed by atoms with Crippen molar-refractivity contribution < 1.29 is 0 Å². The number of nitrogens with zero attached hydrogens (tertiary/aromatic N) is 5. The smallest absolute Gasteiger partial charge is 0.133 e. The first kappa shape index (κ1) is 16.6. The number of likely N-dealkylation sites (tertiary alicyclic amines) is 1. The summed E-state index contributed by atoms with van der Waals surface area (Å²) in [7, 11) is 3.98. The summed E-state index contributed by atoms with van der Waals surface area (Å²) in [4.78, 5) is 17.7. The van der Waals surface area contributed by atoms with E-state index in [0.717, 1.165) is 49.8 Å². The molecule has 128 valence electrons. The van der Waals surface area contributed by atoms with Crippen LogP contribution in [0, 0.1) is 6.92 Å². The van der Waals surface area contributed by atoms with E-state index in [1.807, 2.05) is 38.1 Å². The van der Waals surface area contributed by atoms with Crippen LogP contribution < -0.4 is 10.2 Å². The summed E-state index contributed by atoms with van der Waals surface area (Å²) in [5, 5.41) is 3.54. The first-order valence-corrected chi connectivity index (χ1v) is 8.51. The van der Waals surface area contributed by atoms with E-state index in [2.05, 4.69) is 37.3 Å². The molecule has 0 saturated carbocycles. The quantitative estimate of drug-likeness (QED) is 0.876. The summed E-state index contributed by atoms with van der Waals surface area (Å²) in [5.74, 6) is 1.83. The van der Waals surface area contributed by atoms with Gasteiger partial charge in [0.05, 0.1) is 0 Å². The van der Waals surface area contributed by atoms with Crippen molar-refractivity contribution in [2.45, 2.75) is 25.8 Å². The fourth-order valence-corrected chi connectivity index (χ4v) is 3.04. The number of rotatable bonds is 6. The molecule has 6 nitrogen and oxygen atoms in total. The first-order chi connectivity index (χ1) is 11.6. The Labute approximate surface area is 143 Å². The molecule has 1 atom stereocenters. The highest BCUT2D eigenvalue weighted by molar-refractivity contribution is 5.48. The monoisotopic (exact) mass is 326 g/mol. The lowest BCUT2D eigenvalue weighted by molar-refractivity contribution is 0.339. The molecular weight excluding hydrogens is 300 g/mol. The van der Waals surface area contributed by atoms with E-state index < -0.39 is 0 Å². The maximum Gasteiger partial charge on any atom is 0.133 e. The molecule has 0 bridgehead atoms. The third-order valence-corrected chi connectivity index (χ3v) is 4.37. The van der Waals surface area contributed by atoms with Gasteiger partial charge in [-0.3, -0.25) is 4.98 Å². The van der Waals surface area contributed by atoms with Crippen LogP contribution in [0.1, 0.15) is 17.8 Å². The Balaban J connectivity index is 1.49. The maximum absolute atomic E-state index is 4.58. The van der Waals surface area contributed by atoms with Crippen LogP contribution in [0.15, 0.2) is 30.6 Å². The predicted molar refractivity (Wildman–Crippen MR) is 97.5 cm³/mol. The van der Waals surface area contributed by atoms with Crippen LogP contribution in [0.2, 0.25) is 0 Å². The molecule has 0 radical (unpaired) electrons. The van der Waals surface area contributed by atoms with Crippen molar-refractivity contribution in [3.63, 3.8) is 0 Å². The number of aryl methyl sites for hydroxylation is 1. The second-order valence-corrected chi connectivity index (χ2v) is 6.61. The normalized spacial score (nSPS) is 17.9. The largest absolute Gasteiger partial charge is 0.366 e. The third-order valence-electron chi connectivity index (χ3n) is 4.37. The van der Waals surface area contributed by atoms with Crippen LogP contribution in [0.25, 0.3) is 0 Å². The second-order valence-electron chi connectivity index (χ2n) is 6.61. The highest BCUT2D eigenvalue weighted by atomic mass is 15.2. The molecule has 6 heteroatoms. The highest BCUT2D eigenvalue weighted by Gasteiger charge is 2.22. The molecule has 1 N–H and O–H groups in total. The van der Waals surface area contributed by atoms with Crippen molar-refractivity contribution in [1.29, 1.82) is 0 Å². The van der Waals surface area contributed by atoms with Crippen molar-refractivity contribution in [1.82, 2.24) is 19.9 Å². The molecule has 2 aromatic rings. The Hall–Kier alpha value is -2.21. The molecular formula is C18H26N6. The van der Waals surface area contributed by atoms with Gasteiger partial charge in [0, 0.05) is 63.6 Å². The van der Waals surface area contributed by atoms with E-state index in [-0.39, 0.29) is 0 Å². The molecule has 3 rings (SSSR count). The van der Waals surface area contributed by atoms with Gasteiger partial charge in [-0.1, -0.05) is 6.07 Å². The van der Waals surface area contributed by atoms with E-state index in [4.69, 9.17) is 0 Å². The Morgan fingerprint density at radius 1 is 1.29 bits per heavy atom. The van der Waals surface area contributed by atoms with Crippen molar-refractivity contribution >= 4 is 11.6 Å². The van der Waals surface area contributed by atoms with Gasteiger partial charge >= 0.3 is 0 Å². The topological polar surface area (TPSA) is 57.2 Å². The predicted octanol–water partition coefficient (Wildman–Crippen LogP) is 1.97. The van der Waals surface area contributed by atoms with Gasteiger partial charge in [-0.05, 0) is 25.5 Å². The van der Waals surface area contributed by atoms with Crippen LogP contribution in [0.4, 0.5) is 11.6 Å². The van der Waals surface area contributed by atoms with Crippen molar-refractivity contribution in [3.8, 4) is 0 Å². The molecule has 3 heterocycles. The zero-order valence-corrected chi connectivity index (χ0v) is 14.7. The van der Waals surface area contributed by atoms with Gasteiger partial charge in [-0.2, -0.15) is 0 Å².